The van der Waals surface area contributed by atoms with E-state index in [4.69, 9.17) is 5.73 Å². The van der Waals surface area contributed by atoms with Gasteiger partial charge in [-0.15, -0.1) is 0 Å². The van der Waals surface area contributed by atoms with Gasteiger partial charge in [-0.25, -0.2) is 4.98 Å². The van der Waals surface area contributed by atoms with Crippen LogP contribution in [0, 0.1) is 0 Å². The van der Waals surface area contributed by atoms with Crippen molar-refractivity contribution < 1.29 is 9.59 Å². The zero-order valence-corrected chi connectivity index (χ0v) is 12.3. The Hall–Kier alpha value is -1.63. The summed E-state index contributed by atoms with van der Waals surface area (Å²) in [5.74, 6) is 0.00930. The molecule has 0 aliphatic carbocycles. The van der Waals surface area contributed by atoms with Gasteiger partial charge in [0.2, 0.25) is 5.91 Å². The lowest BCUT2D eigenvalue weighted by molar-refractivity contribution is -0.118. The number of primary amides is 1. The number of carbonyl (C=O) groups excluding carboxylic acids is 2. The number of nitrogens with zero attached hydrogens (tertiary/aromatic N) is 1. The third-order valence-electron chi connectivity index (χ3n) is 2.47. The third kappa shape index (κ3) is 5.25. The molecule has 0 atom stereocenters. The van der Waals surface area contributed by atoms with Gasteiger partial charge in [0.1, 0.15) is 5.82 Å². The maximum atomic E-state index is 12.0. The highest BCUT2D eigenvalue weighted by molar-refractivity contribution is 9.10. The molecule has 104 valence electrons. The van der Waals surface area contributed by atoms with Gasteiger partial charge in [-0.3, -0.25) is 9.59 Å². The number of rotatable bonds is 7. The Morgan fingerprint density at radius 3 is 2.79 bits per heavy atom. The lowest BCUT2D eigenvalue weighted by Gasteiger charge is -2.09. The standard InChI is InChI=1S/C12H17BrN4O2/c1-15-11-9(6-8(13)7-17-11)12(19)16-5-3-2-4-10(14)18/h6-7H,2-5H2,1H3,(H2,14,18)(H,15,17)(H,16,19). The van der Waals surface area contributed by atoms with Crippen LogP contribution < -0.4 is 16.4 Å². The predicted molar refractivity (Wildman–Crippen MR) is 76.9 cm³/mol. The highest BCUT2D eigenvalue weighted by Gasteiger charge is 2.11. The number of pyridine rings is 1. The molecule has 0 aliphatic heterocycles. The van der Waals surface area contributed by atoms with Crippen molar-refractivity contribution >= 4 is 33.6 Å². The lowest BCUT2D eigenvalue weighted by atomic mass is 10.2. The summed E-state index contributed by atoms with van der Waals surface area (Å²) >= 11 is 3.28. The second kappa shape index (κ2) is 7.73. The van der Waals surface area contributed by atoms with E-state index in [1.807, 2.05) is 0 Å². The zero-order valence-electron chi connectivity index (χ0n) is 10.7. The summed E-state index contributed by atoms with van der Waals surface area (Å²) in [7, 11) is 1.71. The number of nitrogens with one attached hydrogen (secondary N) is 2. The topological polar surface area (TPSA) is 97.1 Å². The summed E-state index contributed by atoms with van der Waals surface area (Å²) < 4.78 is 0.741. The van der Waals surface area contributed by atoms with Gasteiger partial charge in [-0.05, 0) is 34.8 Å². The molecule has 0 unspecified atom stereocenters. The average molecular weight is 329 g/mol. The van der Waals surface area contributed by atoms with E-state index in [2.05, 4.69) is 31.5 Å². The largest absolute Gasteiger partial charge is 0.372 e. The summed E-state index contributed by atoms with van der Waals surface area (Å²) in [6, 6.07) is 1.71. The number of nitrogens with two attached hydrogens (primary N) is 1. The number of amides is 2. The molecule has 4 N–H and O–H groups in total. The molecule has 7 heteroatoms. The molecule has 0 saturated heterocycles. The zero-order chi connectivity index (χ0) is 14.3. The van der Waals surface area contributed by atoms with Gasteiger partial charge in [0, 0.05) is 30.7 Å². The second-order valence-electron chi connectivity index (χ2n) is 3.98. The molecule has 0 aliphatic rings. The number of unbranched alkanes of at least 4 members (excludes halogenated alkanes) is 1. The number of anilines is 1. The Labute approximate surface area is 120 Å². The van der Waals surface area contributed by atoms with Crippen LogP contribution in [-0.4, -0.2) is 30.4 Å². The molecule has 0 fully saturated rings. The molecule has 0 aromatic carbocycles. The molecule has 1 aromatic rings. The van der Waals surface area contributed by atoms with E-state index < -0.39 is 0 Å². The van der Waals surface area contributed by atoms with Gasteiger partial charge < -0.3 is 16.4 Å². The van der Waals surface area contributed by atoms with Crippen LogP contribution in [-0.2, 0) is 4.79 Å². The molecular weight excluding hydrogens is 312 g/mol. The van der Waals surface area contributed by atoms with Gasteiger partial charge in [0.05, 0.1) is 5.56 Å². The molecular formula is C12H17BrN4O2. The molecule has 1 aromatic heterocycles. The molecule has 0 bridgehead atoms. The second-order valence-corrected chi connectivity index (χ2v) is 4.89. The summed E-state index contributed by atoms with van der Waals surface area (Å²) in [6.45, 7) is 0.502. The molecule has 1 rings (SSSR count). The van der Waals surface area contributed by atoms with Crippen molar-refractivity contribution in [1.82, 2.24) is 10.3 Å². The maximum Gasteiger partial charge on any atom is 0.255 e. The van der Waals surface area contributed by atoms with Gasteiger partial charge >= 0.3 is 0 Å². The minimum absolute atomic E-state index is 0.197. The summed E-state index contributed by atoms with van der Waals surface area (Å²) in [6.07, 6.45) is 3.35. The molecule has 0 radical (unpaired) electrons. The smallest absolute Gasteiger partial charge is 0.255 e. The molecule has 19 heavy (non-hydrogen) atoms. The highest BCUT2D eigenvalue weighted by Crippen LogP contribution is 2.17. The summed E-state index contributed by atoms with van der Waals surface area (Å²) in [4.78, 5) is 26.6. The first-order chi connectivity index (χ1) is 9.04. The Balaban J connectivity index is 2.49. The van der Waals surface area contributed by atoms with Crippen molar-refractivity contribution in [3.8, 4) is 0 Å². The van der Waals surface area contributed by atoms with E-state index in [0.717, 1.165) is 4.47 Å². The van der Waals surface area contributed by atoms with Crippen LogP contribution in [0.5, 0.6) is 0 Å². The van der Waals surface area contributed by atoms with Crippen LogP contribution in [0.2, 0.25) is 0 Å². The average Bonchev–Trinajstić information content (AvgIpc) is 2.37. The third-order valence-corrected chi connectivity index (χ3v) is 2.90. The first-order valence-corrected chi connectivity index (χ1v) is 6.73. The van der Waals surface area contributed by atoms with Crippen LogP contribution in [0.15, 0.2) is 16.7 Å². The normalized spacial score (nSPS) is 10.0. The van der Waals surface area contributed by atoms with Gasteiger partial charge in [0.25, 0.3) is 5.91 Å². The van der Waals surface area contributed by atoms with Gasteiger partial charge in [0.15, 0.2) is 0 Å². The Morgan fingerprint density at radius 1 is 1.42 bits per heavy atom. The molecule has 2 amide bonds. The van der Waals surface area contributed by atoms with Gasteiger partial charge in [-0.1, -0.05) is 0 Å². The fourth-order valence-corrected chi connectivity index (χ4v) is 1.86. The van der Waals surface area contributed by atoms with E-state index in [0.29, 0.717) is 37.2 Å². The molecule has 0 saturated carbocycles. The first-order valence-electron chi connectivity index (χ1n) is 5.94. The van der Waals surface area contributed by atoms with E-state index in [1.54, 1.807) is 19.3 Å². The van der Waals surface area contributed by atoms with Crippen LogP contribution in [0.3, 0.4) is 0 Å². The Kier molecular flexibility index (Phi) is 6.27. The van der Waals surface area contributed by atoms with E-state index >= 15 is 0 Å². The van der Waals surface area contributed by atoms with Crippen LogP contribution in [0.25, 0.3) is 0 Å². The highest BCUT2D eigenvalue weighted by atomic mass is 79.9. The number of hydrogen-bond donors (Lipinski definition) is 3. The fourth-order valence-electron chi connectivity index (χ4n) is 1.53. The van der Waals surface area contributed by atoms with Crippen LogP contribution >= 0.6 is 15.9 Å². The van der Waals surface area contributed by atoms with Crippen molar-refractivity contribution in [3.63, 3.8) is 0 Å². The van der Waals surface area contributed by atoms with Crippen molar-refractivity contribution in [1.29, 1.82) is 0 Å². The van der Waals surface area contributed by atoms with E-state index in [1.165, 1.54) is 0 Å². The Morgan fingerprint density at radius 2 is 2.16 bits per heavy atom. The molecule has 0 spiro atoms. The number of carbonyl (C=O) groups is 2. The van der Waals surface area contributed by atoms with Crippen molar-refractivity contribution in [2.45, 2.75) is 19.3 Å². The van der Waals surface area contributed by atoms with Crippen molar-refractivity contribution in [2.75, 3.05) is 18.9 Å². The fraction of sp³-hybridized carbons (Fsp3) is 0.417. The van der Waals surface area contributed by atoms with Crippen molar-refractivity contribution in [3.05, 3.63) is 22.3 Å². The minimum Gasteiger partial charge on any atom is -0.372 e. The lowest BCUT2D eigenvalue weighted by Crippen LogP contribution is -2.25. The number of hydrogen-bond acceptors (Lipinski definition) is 4. The monoisotopic (exact) mass is 328 g/mol. The van der Waals surface area contributed by atoms with E-state index in [-0.39, 0.29) is 11.8 Å². The maximum absolute atomic E-state index is 12.0. The molecule has 6 nitrogen and oxygen atoms in total. The van der Waals surface area contributed by atoms with Gasteiger partial charge in [-0.2, -0.15) is 0 Å². The quantitative estimate of drug-likeness (QED) is 0.656. The van der Waals surface area contributed by atoms with E-state index in [9.17, 15) is 9.59 Å². The van der Waals surface area contributed by atoms with Crippen LogP contribution in [0.4, 0.5) is 5.82 Å². The predicted octanol–water partition coefficient (Wildman–Crippen LogP) is 1.27. The minimum atomic E-state index is -0.319. The summed E-state index contributed by atoms with van der Waals surface area (Å²) in [5.41, 5.74) is 5.51. The van der Waals surface area contributed by atoms with Crippen LogP contribution in [0.1, 0.15) is 29.6 Å². The SMILES string of the molecule is CNc1ncc(Br)cc1C(=O)NCCCCC(N)=O. The number of halogens is 1. The Bertz CT molecular complexity index is 465. The summed E-state index contributed by atoms with van der Waals surface area (Å²) in [5, 5.41) is 5.65. The number of aromatic nitrogens is 1. The first kappa shape index (κ1) is 15.4. The molecule has 1 heterocycles. The van der Waals surface area contributed by atoms with Crippen molar-refractivity contribution in [2.24, 2.45) is 5.73 Å².